The van der Waals surface area contributed by atoms with Gasteiger partial charge in [-0.25, -0.2) is 9.78 Å². The molecule has 1 amide bonds. The van der Waals surface area contributed by atoms with E-state index in [1.54, 1.807) is 38.3 Å². The summed E-state index contributed by atoms with van der Waals surface area (Å²) in [5.41, 5.74) is -0.150. The van der Waals surface area contributed by atoms with E-state index in [4.69, 9.17) is 28.4 Å². The summed E-state index contributed by atoms with van der Waals surface area (Å²) in [4.78, 5) is 40.9. The zero-order valence-electron chi connectivity index (χ0n) is 22.1. The molecule has 0 aliphatic heterocycles. The fourth-order valence-corrected chi connectivity index (χ4v) is 3.33. The molecular weight excluding hydrogens is 484 g/mol. The average Bonchev–Trinajstić information content (AvgIpc) is 2.86. The maximum atomic E-state index is 12.9. The van der Waals surface area contributed by atoms with Gasteiger partial charge in [0.1, 0.15) is 29.7 Å². The normalized spacial score (nSPS) is 13.1. The Balaban J connectivity index is 2.07. The summed E-state index contributed by atoms with van der Waals surface area (Å²) in [5, 5.41) is 2.56. The summed E-state index contributed by atoms with van der Waals surface area (Å²) in [5.74, 6) is -0.523. The number of pyridine rings is 1. The summed E-state index contributed by atoms with van der Waals surface area (Å²) < 4.78 is 32.2. The van der Waals surface area contributed by atoms with E-state index in [-0.39, 0.29) is 23.1 Å². The monoisotopic (exact) mass is 518 g/mol. The second-order valence-electron chi connectivity index (χ2n) is 8.43. The molecule has 1 aromatic heterocycles. The number of hydrogen-bond acceptors (Lipinski definition) is 10. The van der Waals surface area contributed by atoms with Crippen LogP contribution in [0.2, 0.25) is 0 Å². The van der Waals surface area contributed by atoms with Crippen molar-refractivity contribution in [2.75, 3.05) is 21.0 Å². The molecule has 11 heteroatoms. The smallest absolute Gasteiger partial charge is 0.328 e. The molecule has 1 N–H and O–H groups in total. The van der Waals surface area contributed by atoms with Crippen molar-refractivity contribution in [1.29, 1.82) is 0 Å². The summed E-state index contributed by atoms with van der Waals surface area (Å²) >= 11 is 0. The molecule has 0 fully saturated rings. The first-order valence-electron chi connectivity index (χ1n) is 11.7. The van der Waals surface area contributed by atoms with Gasteiger partial charge < -0.3 is 33.7 Å². The van der Waals surface area contributed by atoms with Crippen LogP contribution in [-0.2, 0) is 19.1 Å². The Morgan fingerprint density at radius 2 is 1.59 bits per heavy atom. The number of rotatable bonds is 13. The minimum absolute atomic E-state index is 0.0362. The van der Waals surface area contributed by atoms with Crippen LogP contribution in [0.4, 0.5) is 0 Å². The Morgan fingerprint density at radius 1 is 0.946 bits per heavy atom. The van der Waals surface area contributed by atoms with Gasteiger partial charge in [0.15, 0.2) is 17.2 Å². The molecule has 0 bridgehead atoms. The lowest BCUT2D eigenvalue weighted by Crippen LogP contribution is -2.45. The number of benzene rings is 1. The van der Waals surface area contributed by atoms with Crippen LogP contribution in [0.15, 0.2) is 36.5 Å². The molecule has 0 radical (unpaired) electrons. The molecule has 1 unspecified atom stereocenters. The van der Waals surface area contributed by atoms with E-state index in [0.717, 1.165) is 0 Å². The van der Waals surface area contributed by atoms with Crippen molar-refractivity contribution in [3.63, 3.8) is 0 Å². The van der Waals surface area contributed by atoms with E-state index >= 15 is 0 Å². The van der Waals surface area contributed by atoms with E-state index in [9.17, 15) is 14.4 Å². The number of esters is 2. The maximum absolute atomic E-state index is 12.9. The quantitative estimate of drug-likeness (QED) is 0.312. The van der Waals surface area contributed by atoms with Gasteiger partial charge in [-0.2, -0.15) is 0 Å². The highest BCUT2D eigenvalue weighted by Gasteiger charge is 2.30. The lowest BCUT2D eigenvalue weighted by atomic mass is 10.0. The number of nitrogens with zero attached hydrogens (tertiary/aromatic N) is 1. The van der Waals surface area contributed by atoms with E-state index in [0.29, 0.717) is 11.5 Å². The van der Waals surface area contributed by atoms with Crippen molar-refractivity contribution in [3.8, 4) is 23.0 Å². The third kappa shape index (κ3) is 8.55. The van der Waals surface area contributed by atoms with Crippen molar-refractivity contribution in [1.82, 2.24) is 10.3 Å². The van der Waals surface area contributed by atoms with Crippen molar-refractivity contribution in [2.24, 2.45) is 5.92 Å². The zero-order chi connectivity index (χ0) is 27.5. The van der Waals surface area contributed by atoms with Crippen molar-refractivity contribution in [2.45, 2.75) is 52.9 Å². The highest BCUT2D eigenvalue weighted by Crippen LogP contribution is 2.29. The van der Waals surface area contributed by atoms with E-state index in [2.05, 4.69) is 10.3 Å². The second kappa shape index (κ2) is 13.9. The van der Waals surface area contributed by atoms with Gasteiger partial charge in [0.25, 0.3) is 5.91 Å². The van der Waals surface area contributed by atoms with Gasteiger partial charge in [0.05, 0.1) is 14.2 Å². The summed E-state index contributed by atoms with van der Waals surface area (Å²) in [7, 11) is 2.96. The highest BCUT2D eigenvalue weighted by atomic mass is 16.7. The number of aromatic nitrogens is 1. The van der Waals surface area contributed by atoms with Crippen LogP contribution in [0, 0.1) is 5.92 Å². The fraction of sp³-hybridized carbons (Fsp3) is 0.462. The van der Waals surface area contributed by atoms with E-state index < -0.39 is 42.9 Å². The van der Waals surface area contributed by atoms with Crippen molar-refractivity contribution >= 4 is 17.8 Å². The molecule has 37 heavy (non-hydrogen) atoms. The van der Waals surface area contributed by atoms with Crippen molar-refractivity contribution in [3.05, 3.63) is 42.2 Å². The van der Waals surface area contributed by atoms with Gasteiger partial charge >= 0.3 is 11.9 Å². The van der Waals surface area contributed by atoms with Gasteiger partial charge in [-0.15, -0.1) is 0 Å². The fourth-order valence-electron chi connectivity index (χ4n) is 3.33. The molecule has 0 spiro atoms. The van der Waals surface area contributed by atoms with Crippen LogP contribution in [0.1, 0.15) is 45.1 Å². The lowest BCUT2D eigenvalue weighted by molar-refractivity contribution is -0.158. The first-order valence-corrected chi connectivity index (χ1v) is 11.7. The van der Waals surface area contributed by atoms with Crippen molar-refractivity contribution < 1.29 is 42.8 Å². The maximum Gasteiger partial charge on any atom is 0.328 e. The summed E-state index contributed by atoms with van der Waals surface area (Å²) in [6.45, 7) is 7.88. The van der Waals surface area contributed by atoms with Gasteiger partial charge in [-0.3, -0.25) is 9.59 Å². The molecule has 1 aromatic carbocycles. The molecule has 202 valence electrons. The molecule has 0 saturated heterocycles. The molecule has 2 rings (SSSR count). The second-order valence-corrected chi connectivity index (χ2v) is 8.43. The Labute approximate surface area is 216 Å². The highest BCUT2D eigenvalue weighted by molar-refractivity contribution is 5.98. The van der Waals surface area contributed by atoms with Gasteiger partial charge in [0, 0.05) is 19.2 Å². The topological polar surface area (TPSA) is 132 Å². The number of carbonyl (C=O) groups is 3. The van der Waals surface area contributed by atoms with Gasteiger partial charge in [-0.1, -0.05) is 13.8 Å². The lowest BCUT2D eigenvalue weighted by Gasteiger charge is -2.29. The van der Waals surface area contributed by atoms with Gasteiger partial charge in [0.2, 0.25) is 6.79 Å². The number of amides is 1. The predicted molar refractivity (Wildman–Crippen MR) is 133 cm³/mol. The van der Waals surface area contributed by atoms with Crippen LogP contribution < -0.4 is 24.3 Å². The Bertz CT molecular complexity index is 1060. The van der Waals surface area contributed by atoms with E-state index in [1.165, 1.54) is 33.2 Å². The Morgan fingerprint density at radius 3 is 2.16 bits per heavy atom. The molecule has 0 saturated carbocycles. The van der Waals surface area contributed by atoms with Crippen LogP contribution in [-0.4, -0.2) is 62.1 Å². The summed E-state index contributed by atoms with van der Waals surface area (Å²) in [6.07, 6.45) is 0.288. The minimum Gasteiger partial charge on any atom is -0.497 e. The molecular formula is C26H34N2O9. The first kappa shape index (κ1) is 29.2. The SMILES string of the molecule is COc1ccc(O[C@@H](C)C(OC(=O)[C@H](C)NC(=O)c2nccc(OC)c2OCOC(C)=O)C(C)C)cc1. The molecule has 0 aliphatic carbocycles. The third-order valence-electron chi connectivity index (χ3n) is 5.22. The summed E-state index contributed by atoms with van der Waals surface area (Å²) in [6, 6.07) is 7.53. The van der Waals surface area contributed by atoms with Crippen LogP contribution >= 0.6 is 0 Å². The molecule has 1 heterocycles. The molecule has 3 atom stereocenters. The predicted octanol–water partition coefficient (Wildman–Crippen LogP) is 3.15. The molecule has 2 aromatic rings. The average molecular weight is 519 g/mol. The first-order chi connectivity index (χ1) is 17.6. The van der Waals surface area contributed by atoms with Gasteiger partial charge in [-0.05, 0) is 44.0 Å². The number of carbonyl (C=O) groups excluding carboxylic acids is 3. The van der Waals surface area contributed by atoms with Crippen LogP contribution in [0.5, 0.6) is 23.0 Å². The molecule has 11 nitrogen and oxygen atoms in total. The Kier molecular flexibility index (Phi) is 11.0. The van der Waals surface area contributed by atoms with Crippen LogP contribution in [0.3, 0.4) is 0 Å². The standard InChI is InChI=1S/C26H34N2O9/c1-15(2)23(17(4)36-20-10-8-19(32-6)9-11-20)37-26(31)16(3)28-25(30)22-24(35-14-34-18(5)29)21(33-7)12-13-27-22/h8-13,15-17,23H,14H2,1-7H3,(H,28,30)/t16-,17-,23?/m0/s1. The number of ether oxygens (including phenoxy) is 6. The van der Waals surface area contributed by atoms with Crippen LogP contribution in [0.25, 0.3) is 0 Å². The molecule has 0 aliphatic rings. The number of methoxy groups -OCH3 is 2. The Hall–Kier alpha value is -4.02. The minimum atomic E-state index is -1.02. The van der Waals surface area contributed by atoms with E-state index in [1.807, 2.05) is 13.8 Å². The third-order valence-corrected chi connectivity index (χ3v) is 5.22. The zero-order valence-corrected chi connectivity index (χ0v) is 22.1. The largest absolute Gasteiger partial charge is 0.497 e. The number of hydrogen-bond donors (Lipinski definition) is 1. The number of nitrogens with one attached hydrogen (secondary N) is 1.